The van der Waals surface area contributed by atoms with Gasteiger partial charge in [0.2, 0.25) is 11.8 Å². The SMILES string of the molecule is Cc1ccc(N(CC(=O)Nc2ccc(N3CCCC3=O)c(C)c2)S(=O)(=O)c2ccccc2)cc1C. The molecule has 7 nitrogen and oxygen atoms in total. The van der Waals surface area contributed by atoms with E-state index in [1.165, 1.54) is 12.1 Å². The summed E-state index contributed by atoms with van der Waals surface area (Å²) in [6.45, 7) is 6.04. The van der Waals surface area contributed by atoms with Crippen LogP contribution in [0.5, 0.6) is 0 Å². The van der Waals surface area contributed by atoms with E-state index in [0.29, 0.717) is 24.3 Å². The van der Waals surface area contributed by atoms with E-state index in [2.05, 4.69) is 5.32 Å². The number of aryl methyl sites for hydroxylation is 3. The molecule has 8 heteroatoms. The number of rotatable bonds is 7. The molecular weight excluding hydrogens is 462 g/mol. The zero-order chi connectivity index (χ0) is 25.2. The third kappa shape index (κ3) is 5.22. The molecule has 1 aliphatic rings. The highest BCUT2D eigenvalue weighted by molar-refractivity contribution is 7.92. The van der Waals surface area contributed by atoms with Crippen molar-refractivity contribution in [2.45, 2.75) is 38.5 Å². The van der Waals surface area contributed by atoms with Gasteiger partial charge in [0.1, 0.15) is 6.54 Å². The fourth-order valence-corrected chi connectivity index (χ4v) is 5.62. The van der Waals surface area contributed by atoms with Crippen LogP contribution in [0, 0.1) is 20.8 Å². The molecule has 0 bridgehead atoms. The number of nitrogens with one attached hydrogen (secondary N) is 1. The van der Waals surface area contributed by atoms with Crippen LogP contribution < -0.4 is 14.5 Å². The average molecular weight is 492 g/mol. The second kappa shape index (κ2) is 9.92. The van der Waals surface area contributed by atoms with Crippen molar-refractivity contribution in [2.24, 2.45) is 0 Å². The topological polar surface area (TPSA) is 86.8 Å². The van der Waals surface area contributed by atoms with E-state index in [9.17, 15) is 18.0 Å². The Morgan fingerprint density at radius 3 is 2.31 bits per heavy atom. The largest absolute Gasteiger partial charge is 0.325 e. The van der Waals surface area contributed by atoms with E-state index < -0.39 is 15.9 Å². The molecule has 0 saturated carbocycles. The monoisotopic (exact) mass is 491 g/mol. The normalized spacial score (nSPS) is 13.7. The van der Waals surface area contributed by atoms with Gasteiger partial charge in [-0.15, -0.1) is 0 Å². The van der Waals surface area contributed by atoms with Gasteiger partial charge in [-0.05, 0) is 86.3 Å². The summed E-state index contributed by atoms with van der Waals surface area (Å²) in [6, 6.07) is 18.8. The highest BCUT2D eigenvalue weighted by Gasteiger charge is 2.28. The predicted octanol–water partition coefficient (Wildman–Crippen LogP) is 4.57. The predicted molar refractivity (Wildman–Crippen MR) is 138 cm³/mol. The molecule has 1 N–H and O–H groups in total. The first-order valence-corrected chi connectivity index (χ1v) is 13.0. The van der Waals surface area contributed by atoms with Crippen LogP contribution in [0.3, 0.4) is 0 Å². The molecule has 182 valence electrons. The van der Waals surface area contributed by atoms with Gasteiger partial charge in [0, 0.05) is 24.3 Å². The highest BCUT2D eigenvalue weighted by atomic mass is 32.2. The third-order valence-corrected chi connectivity index (χ3v) is 8.03. The second-order valence-corrected chi connectivity index (χ2v) is 10.7. The van der Waals surface area contributed by atoms with E-state index in [1.807, 2.05) is 32.9 Å². The Labute approximate surface area is 206 Å². The first kappa shape index (κ1) is 24.5. The summed E-state index contributed by atoms with van der Waals surface area (Å²) in [5.41, 5.74) is 4.61. The molecule has 0 unspecified atom stereocenters. The molecule has 35 heavy (non-hydrogen) atoms. The lowest BCUT2D eigenvalue weighted by Crippen LogP contribution is -2.38. The lowest BCUT2D eigenvalue weighted by atomic mass is 10.1. The van der Waals surface area contributed by atoms with Crippen LogP contribution in [0.4, 0.5) is 17.1 Å². The summed E-state index contributed by atoms with van der Waals surface area (Å²) in [5.74, 6) is -0.368. The first-order valence-electron chi connectivity index (χ1n) is 11.5. The number of hydrogen-bond acceptors (Lipinski definition) is 4. The lowest BCUT2D eigenvalue weighted by Gasteiger charge is -2.25. The van der Waals surface area contributed by atoms with Crippen molar-refractivity contribution >= 4 is 38.9 Å². The van der Waals surface area contributed by atoms with Crippen LogP contribution in [0.25, 0.3) is 0 Å². The molecule has 1 heterocycles. The van der Waals surface area contributed by atoms with Crippen molar-refractivity contribution in [1.82, 2.24) is 0 Å². The van der Waals surface area contributed by atoms with E-state index in [0.717, 1.165) is 33.1 Å². The van der Waals surface area contributed by atoms with Gasteiger partial charge in [-0.3, -0.25) is 13.9 Å². The van der Waals surface area contributed by atoms with Gasteiger partial charge in [0.05, 0.1) is 10.6 Å². The number of carbonyl (C=O) groups is 2. The highest BCUT2D eigenvalue weighted by Crippen LogP contribution is 2.28. The van der Waals surface area contributed by atoms with Crippen molar-refractivity contribution in [3.63, 3.8) is 0 Å². The molecule has 0 spiro atoms. The zero-order valence-electron chi connectivity index (χ0n) is 20.1. The summed E-state index contributed by atoms with van der Waals surface area (Å²) in [6.07, 6.45) is 1.38. The fourth-order valence-electron chi connectivity index (χ4n) is 4.19. The maximum Gasteiger partial charge on any atom is 0.264 e. The van der Waals surface area contributed by atoms with Crippen LogP contribution in [-0.2, 0) is 19.6 Å². The molecule has 3 aromatic carbocycles. The number of amides is 2. The number of hydrogen-bond donors (Lipinski definition) is 1. The summed E-state index contributed by atoms with van der Waals surface area (Å²) in [7, 11) is -3.97. The number of sulfonamides is 1. The molecule has 1 aliphatic heterocycles. The maximum atomic E-state index is 13.5. The molecule has 3 aromatic rings. The van der Waals surface area contributed by atoms with Crippen LogP contribution >= 0.6 is 0 Å². The molecule has 0 aromatic heterocycles. The summed E-state index contributed by atoms with van der Waals surface area (Å²) < 4.78 is 28.1. The molecule has 2 amide bonds. The smallest absolute Gasteiger partial charge is 0.264 e. The Hall–Kier alpha value is -3.65. The van der Waals surface area contributed by atoms with Gasteiger partial charge in [-0.2, -0.15) is 0 Å². The number of anilines is 3. The minimum Gasteiger partial charge on any atom is -0.325 e. The minimum atomic E-state index is -3.97. The van der Waals surface area contributed by atoms with Crippen molar-refractivity contribution in [2.75, 3.05) is 27.6 Å². The van der Waals surface area contributed by atoms with Crippen molar-refractivity contribution in [3.8, 4) is 0 Å². The standard InChI is InChI=1S/C27H29N3O4S/c1-19-11-13-23(17-20(19)2)30(35(33,34)24-8-5-4-6-9-24)18-26(31)28-22-12-14-25(21(3)16-22)29-15-7-10-27(29)32/h4-6,8-9,11-14,16-17H,7,10,15,18H2,1-3H3,(H,28,31). The number of carbonyl (C=O) groups excluding carboxylic acids is 2. The van der Waals surface area contributed by atoms with Crippen LogP contribution in [-0.4, -0.2) is 33.3 Å². The molecule has 1 saturated heterocycles. The van der Waals surface area contributed by atoms with E-state index in [1.54, 1.807) is 47.4 Å². The summed E-state index contributed by atoms with van der Waals surface area (Å²) >= 11 is 0. The Morgan fingerprint density at radius 2 is 1.69 bits per heavy atom. The Kier molecular flexibility index (Phi) is 6.93. The minimum absolute atomic E-state index is 0.0973. The van der Waals surface area contributed by atoms with Gasteiger partial charge in [0.15, 0.2) is 0 Å². The van der Waals surface area contributed by atoms with Gasteiger partial charge in [0.25, 0.3) is 10.0 Å². The molecule has 0 aliphatic carbocycles. The van der Waals surface area contributed by atoms with E-state index in [-0.39, 0.29) is 17.3 Å². The summed E-state index contributed by atoms with van der Waals surface area (Å²) in [4.78, 5) is 27.0. The van der Waals surface area contributed by atoms with Crippen molar-refractivity contribution < 1.29 is 18.0 Å². The Morgan fingerprint density at radius 1 is 0.943 bits per heavy atom. The van der Waals surface area contributed by atoms with Crippen LogP contribution in [0.2, 0.25) is 0 Å². The summed E-state index contributed by atoms with van der Waals surface area (Å²) in [5, 5.41) is 2.81. The number of benzene rings is 3. The first-order chi connectivity index (χ1) is 16.7. The van der Waals surface area contributed by atoms with Crippen molar-refractivity contribution in [1.29, 1.82) is 0 Å². The van der Waals surface area contributed by atoms with Gasteiger partial charge in [-0.1, -0.05) is 24.3 Å². The fraction of sp³-hybridized carbons (Fsp3) is 0.259. The molecule has 0 radical (unpaired) electrons. The molecule has 1 fully saturated rings. The maximum absolute atomic E-state index is 13.5. The lowest BCUT2D eigenvalue weighted by molar-refractivity contribution is -0.117. The quantitative estimate of drug-likeness (QED) is 0.524. The second-order valence-electron chi connectivity index (χ2n) is 8.79. The Bertz CT molecular complexity index is 1370. The molecule has 4 rings (SSSR count). The number of nitrogens with zero attached hydrogens (tertiary/aromatic N) is 2. The van der Waals surface area contributed by atoms with Gasteiger partial charge >= 0.3 is 0 Å². The van der Waals surface area contributed by atoms with E-state index in [4.69, 9.17) is 0 Å². The van der Waals surface area contributed by atoms with Crippen LogP contribution in [0.1, 0.15) is 29.5 Å². The van der Waals surface area contributed by atoms with Crippen molar-refractivity contribution in [3.05, 3.63) is 83.4 Å². The van der Waals surface area contributed by atoms with E-state index >= 15 is 0 Å². The third-order valence-electron chi connectivity index (χ3n) is 6.24. The average Bonchev–Trinajstić information content (AvgIpc) is 3.25. The van der Waals surface area contributed by atoms with Crippen LogP contribution in [0.15, 0.2) is 71.6 Å². The Balaban J connectivity index is 1.59. The van der Waals surface area contributed by atoms with Gasteiger partial charge in [-0.25, -0.2) is 8.42 Å². The molecular formula is C27H29N3O4S. The van der Waals surface area contributed by atoms with Gasteiger partial charge < -0.3 is 10.2 Å². The zero-order valence-corrected chi connectivity index (χ0v) is 20.9. The molecule has 0 atom stereocenters.